The van der Waals surface area contributed by atoms with Crippen LogP contribution in [0.3, 0.4) is 0 Å². The minimum absolute atomic E-state index is 0.0614. The molecule has 0 aromatic heterocycles. The number of benzene rings is 1. The van der Waals surface area contributed by atoms with E-state index in [0.717, 1.165) is 11.1 Å². The molecule has 7 nitrogen and oxygen atoms in total. The predicted molar refractivity (Wildman–Crippen MR) is 75.9 cm³/mol. The largest absolute Gasteiger partial charge is 0.497 e. The van der Waals surface area contributed by atoms with Gasteiger partial charge in [-0.25, -0.2) is 0 Å². The van der Waals surface area contributed by atoms with Gasteiger partial charge in [0.25, 0.3) is 10.2 Å². The lowest BCUT2D eigenvalue weighted by Gasteiger charge is -2.17. The number of carbonyl (C=O) groups is 1. The van der Waals surface area contributed by atoms with Gasteiger partial charge in [0.15, 0.2) is 0 Å². The Bertz CT molecular complexity index is 629. The molecule has 0 amide bonds. The van der Waals surface area contributed by atoms with E-state index in [1.54, 1.807) is 25.1 Å². The van der Waals surface area contributed by atoms with Gasteiger partial charge in [0.05, 0.1) is 26.2 Å². The number of ether oxygens (including phenoxy) is 2. The number of hydrogen-bond donors (Lipinski definition) is 2. The van der Waals surface area contributed by atoms with Crippen LogP contribution in [0.2, 0.25) is 0 Å². The van der Waals surface area contributed by atoms with Gasteiger partial charge in [-0.2, -0.15) is 17.9 Å². The third kappa shape index (κ3) is 3.93. The van der Waals surface area contributed by atoms with E-state index in [1.165, 1.54) is 7.11 Å². The predicted octanol–water partition coefficient (Wildman–Crippen LogP) is 0.627. The van der Waals surface area contributed by atoms with Gasteiger partial charge in [-0.1, -0.05) is 6.07 Å². The van der Waals surface area contributed by atoms with Crippen LogP contribution in [0, 0.1) is 0 Å². The number of fused-ring (bicyclic) bond motifs is 1. The van der Waals surface area contributed by atoms with Crippen LogP contribution in [0.1, 0.15) is 30.5 Å². The zero-order valence-corrected chi connectivity index (χ0v) is 12.7. The molecular weight excluding hydrogens is 296 g/mol. The lowest BCUT2D eigenvalue weighted by Crippen LogP contribution is -2.36. The minimum atomic E-state index is -3.66. The van der Waals surface area contributed by atoms with Gasteiger partial charge in [0, 0.05) is 6.54 Å². The van der Waals surface area contributed by atoms with Crippen molar-refractivity contribution in [2.75, 3.05) is 13.7 Å². The highest BCUT2D eigenvalue weighted by Crippen LogP contribution is 2.28. The Morgan fingerprint density at radius 3 is 2.86 bits per heavy atom. The van der Waals surface area contributed by atoms with Crippen LogP contribution in [0.15, 0.2) is 18.2 Å². The summed E-state index contributed by atoms with van der Waals surface area (Å²) in [5.74, 6) is 0.179. The average Bonchev–Trinajstić information content (AvgIpc) is 2.55. The molecule has 0 bridgehead atoms. The van der Waals surface area contributed by atoms with Crippen molar-refractivity contribution in [2.45, 2.75) is 25.9 Å². The Hall–Kier alpha value is -1.64. The second-order valence-corrected chi connectivity index (χ2v) is 6.10. The topological polar surface area (TPSA) is 93.7 Å². The molecule has 1 unspecified atom stereocenters. The molecular formula is C13H18N2O5S. The van der Waals surface area contributed by atoms with Crippen molar-refractivity contribution in [3.8, 4) is 5.75 Å². The first-order valence-corrected chi connectivity index (χ1v) is 8.03. The maximum absolute atomic E-state index is 11.8. The lowest BCUT2D eigenvalue weighted by atomic mass is 9.98. The number of esters is 1. The monoisotopic (exact) mass is 314 g/mol. The van der Waals surface area contributed by atoms with Gasteiger partial charge in [0.2, 0.25) is 0 Å². The first-order valence-electron chi connectivity index (χ1n) is 6.54. The standard InChI is InChI=1S/C13H18N2O5S/c1-3-20-13(16)7-12-11-5-4-10(19-2)6-9(11)8-14-21(17,18)15-12/h4-6,12,14-15H,3,7-8H2,1-2H3. The van der Waals surface area contributed by atoms with E-state index in [-0.39, 0.29) is 19.6 Å². The summed E-state index contributed by atoms with van der Waals surface area (Å²) in [5.41, 5.74) is 1.50. The molecule has 0 fully saturated rings. The van der Waals surface area contributed by atoms with E-state index in [9.17, 15) is 13.2 Å². The summed E-state index contributed by atoms with van der Waals surface area (Å²) in [6.07, 6.45) is -0.0614. The first-order chi connectivity index (χ1) is 9.95. The Morgan fingerprint density at radius 1 is 1.43 bits per heavy atom. The molecule has 1 aliphatic heterocycles. The number of carbonyl (C=O) groups excluding carboxylic acids is 1. The summed E-state index contributed by atoms with van der Waals surface area (Å²) < 4.78 is 38.6. The first kappa shape index (κ1) is 15.7. The van der Waals surface area contributed by atoms with E-state index in [0.29, 0.717) is 5.75 Å². The van der Waals surface area contributed by atoms with Crippen molar-refractivity contribution in [3.63, 3.8) is 0 Å². The van der Waals surface area contributed by atoms with Crippen LogP contribution in [0.25, 0.3) is 0 Å². The van der Waals surface area contributed by atoms with E-state index >= 15 is 0 Å². The van der Waals surface area contributed by atoms with Crippen molar-refractivity contribution in [1.29, 1.82) is 0 Å². The zero-order valence-electron chi connectivity index (χ0n) is 11.9. The van der Waals surface area contributed by atoms with Crippen molar-refractivity contribution in [2.24, 2.45) is 0 Å². The molecule has 2 rings (SSSR count). The maximum Gasteiger partial charge on any atom is 0.307 e. The highest BCUT2D eigenvalue weighted by Gasteiger charge is 2.28. The van der Waals surface area contributed by atoms with Crippen molar-refractivity contribution in [3.05, 3.63) is 29.3 Å². The summed E-state index contributed by atoms with van der Waals surface area (Å²) in [5, 5.41) is 0. The molecule has 8 heteroatoms. The molecule has 0 radical (unpaired) electrons. The van der Waals surface area contributed by atoms with Gasteiger partial charge >= 0.3 is 5.97 Å². The van der Waals surface area contributed by atoms with Crippen LogP contribution in [-0.4, -0.2) is 28.1 Å². The summed E-state index contributed by atoms with van der Waals surface area (Å²) in [6.45, 7) is 2.10. The molecule has 2 N–H and O–H groups in total. The van der Waals surface area contributed by atoms with Crippen LogP contribution >= 0.6 is 0 Å². The molecule has 0 saturated heterocycles. The van der Waals surface area contributed by atoms with Crippen LogP contribution in [-0.2, 0) is 26.3 Å². The molecule has 1 heterocycles. The van der Waals surface area contributed by atoms with Crippen molar-refractivity contribution in [1.82, 2.24) is 9.44 Å². The van der Waals surface area contributed by atoms with Crippen LogP contribution in [0.5, 0.6) is 5.75 Å². The SMILES string of the molecule is CCOC(=O)CC1NS(=O)(=O)NCc2cc(OC)ccc21. The van der Waals surface area contributed by atoms with E-state index in [4.69, 9.17) is 9.47 Å². The summed E-state index contributed by atoms with van der Waals surface area (Å²) in [4.78, 5) is 11.7. The lowest BCUT2D eigenvalue weighted by molar-refractivity contribution is -0.143. The van der Waals surface area contributed by atoms with Gasteiger partial charge < -0.3 is 9.47 Å². The Kier molecular flexibility index (Phi) is 4.81. The van der Waals surface area contributed by atoms with E-state index in [2.05, 4.69) is 9.44 Å². The zero-order chi connectivity index (χ0) is 15.5. The van der Waals surface area contributed by atoms with E-state index < -0.39 is 22.2 Å². The van der Waals surface area contributed by atoms with Crippen LogP contribution in [0.4, 0.5) is 0 Å². The smallest absolute Gasteiger partial charge is 0.307 e. The Morgan fingerprint density at radius 2 is 2.19 bits per heavy atom. The molecule has 1 aromatic rings. The maximum atomic E-state index is 11.8. The molecule has 0 spiro atoms. The Balaban J connectivity index is 2.35. The molecule has 0 aliphatic carbocycles. The summed E-state index contributed by atoms with van der Waals surface area (Å²) in [6, 6.07) is 4.58. The van der Waals surface area contributed by atoms with Gasteiger partial charge in [0.1, 0.15) is 5.75 Å². The number of rotatable bonds is 4. The Labute approximate surface area is 123 Å². The molecule has 116 valence electrons. The number of nitrogens with one attached hydrogen (secondary N) is 2. The third-order valence-electron chi connectivity index (χ3n) is 3.15. The highest BCUT2D eigenvalue weighted by molar-refractivity contribution is 7.87. The fourth-order valence-electron chi connectivity index (χ4n) is 2.21. The molecule has 1 aromatic carbocycles. The summed E-state index contributed by atoms with van der Waals surface area (Å²) in [7, 11) is -2.13. The van der Waals surface area contributed by atoms with Crippen LogP contribution < -0.4 is 14.2 Å². The van der Waals surface area contributed by atoms with Crippen molar-refractivity contribution >= 4 is 16.2 Å². The van der Waals surface area contributed by atoms with Gasteiger partial charge in [-0.3, -0.25) is 4.79 Å². The fourth-order valence-corrected chi connectivity index (χ4v) is 3.22. The quantitative estimate of drug-likeness (QED) is 0.795. The highest BCUT2D eigenvalue weighted by atomic mass is 32.2. The normalized spacial score (nSPS) is 20.2. The molecule has 1 aliphatic rings. The summed E-state index contributed by atoms with van der Waals surface area (Å²) >= 11 is 0. The van der Waals surface area contributed by atoms with Gasteiger partial charge in [-0.15, -0.1) is 0 Å². The fraction of sp³-hybridized carbons (Fsp3) is 0.462. The third-order valence-corrected chi connectivity index (χ3v) is 4.27. The van der Waals surface area contributed by atoms with E-state index in [1.807, 2.05) is 0 Å². The second kappa shape index (κ2) is 6.42. The minimum Gasteiger partial charge on any atom is -0.497 e. The molecule has 0 saturated carbocycles. The second-order valence-electron chi connectivity index (χ2n) is 4.57. The van der Waals surface area contributed by atoms with Gasteiger partial charge in [-0.05, 0) is 30.2 Å². The van der Waals surface area contributed by atoms with Crippen molar-refractivity contribution < 1.29 is 22.7 Å². The molecule has 21 heavy (non-hydrogen) atoms. The average molecular weight is 314 g/mol. The number of methoxy groups -OCH3 is 1. The number of hydrogen-bond acceptors (Lipinski definition) is 5. The molecule has 1 atom stereocenters.